The van der Waals surface area contributed by atoms with Crippen molar-refractivity contribution in [2.45, 2.75) is 24.1 Å². The number of hydrogen-bond acceptors (Lipinski definition) is 0. The van der Waals surface area contributed by atoms with Crippen LogP contribution >= 0.6 is 15.9 Å². The third-order valence-electron chi connectivity index (χ3n) is 5.39. The van der Waals surface area contributed by atoms with Crippen molar-refractivity contribution in [1.29, 1.82) is 0 Å². The number of fused-ring (bicyclic) bond motifs is 5. The van der Waals surface area contributed by atoms with Crippen LogP contribution < -0.4 is 0 Å². The van der Waals surface area contributed by atoms with Crippen LogP contribution in [0.25, 0.3) is 0 Å². The summed E-state index contributed by atoms with van der Waals surface area (Å²) < 4.78 is 26.7. The van der Waals surface area contributed by atoms with Gasteiger partial charge in [-0.3, -0.25) is 0 Å². The van der Waals surface area contributed by atoms with Crippen molar-refractivity contribution in [3.05, 3.63) is 35.4 Å². The molecular weight excluding hydrogens is 298 g/mol. The van der Waals surface area contributed by atoms with Gasteiger partial charge >= 0.3 is 0 Å². The molecule has 3 aliphatic carbocycles. The van der Waals surface area contributed by atoms with Gasteiger partial charge in [-0.1, -0.05) is 22.0 Å². The Morgan fingerprint density at radius 2 is 1.78 bits per heavy atom. The van der Waals surface area contributed by atoms with Crippen molar-refractivity contribution in [2.75, 3.05) is 0 Å². The second-order valence-electron chi connectivity index (χ2n) is 6.13. The summed E-state index contributed by atoms with van der Waals surface area (Å²) in [4.78, 5) is 0.0662. The van der Waals surface area contributed by atoms with Gasteiger partial charge in [0.2, 0.25) is 0 Å². The van der Waals surface area contributed by atoms with E-state index in [9.17, 15) is 8.78 Å². The zero-order chi connectivity index (χ0) is 12.4. The van der Waals surface area contributed by atoms with Gasteiger partial charge in [0.25, 0.3) is 0 Å². The quantitative estimate of drug-likeness (QED) is 0.695. The van der Waals surface area contributed by atoms with Crippen LogP contribution in [0.5, 0.6) is 0 Å². The van der Waals surface area contributed by atoms with Crippen LogP contribution in [0.2, 0.25) is 0 Å². The Kier molecular flexibility index (Phi) is 2.39. The molecule has 0 aliphatic heterocycles. The molecule has 1 aromatic carbocycles. The van der Waals surface area contributed by atoms with E-state index in [4.69, 9.17) is 0 Å². The predicted octanol–water partition coefficient (Wildman–Crippen LogP) is 4.69. The monoisotopic (exact) mass is 312 g/mol. The van der Waals surface area contributed by atoms with E-state index in [1.807, 2.05) is 0 Å². The van der Waals surface area contributed by atoms with E-state index in [1.165, 1.54) is 25.3 Å². The molecule has 4 rings (SSSR count). The first kappa shape index (κ1) is 11.4. The molecule has 0 amide bonds. The van der Waals surface area contributed by atoms with Gasteiger partial charge in [-0.15, -0.1) is 0 Å². The Hall–Kier alpha value is -0.440. The number of benzene rings is 1. The normalized spacial score (nSPS) is 41.8. The van der Waals surface area contributed by atoms with E-state index in [1.54, 1.807) is 6.07 Å². The summed E-state index contributed by atoms with van der Waals surface area (Å²) in [5.74, 6) is 3.05. The van der Waals surface area contributed by atoms with Crippen molar-refractivity contribution in [3.63, 3.8) is 0 Å². The van der Waals surface area contributed by atoms with E-state index in [2.05, 4.69) is 15.9 Å². The highest BCUT2D eigenvalue weighted by Crippen LogP contribution is 2.73. The summed E-state index contributed by atoms with van der Waals surface area (Å²) in [5.41, 5.74) is 0.634. The topological polar surface area (TPSA) is 0 Å². The maximum atomic E-state index is 13.8. The van der Waals surface area contributed by atoms with Gasteiger partial charge in [0.05, 0.1) is 0 Å². The summed E-state index contributed by atoms with van der Waals surface area (Å²) in [7, 11) is 0. The molecule has 3 heteroatoms. The van der Waals surface area contributed by atoms with Crippen LogP contribution in [0, 0.1) is 41.2 Å². The SMILES string of the molecule is Fc1ccc(C(Br)C2C3C4CCC(C4)C32)c(F)c1. The minimum Gasteiger partial charge on any atom is -0.207 e. The molecular formula is C15H15BrF2. The summed E-state index contributed by atoms with van der Waals surface area (Å²) in [6.45, 7) is 0. The predicted molar refractivity (Wildman–Crippen MR) is 69.3 cm³/mol. The fourth-order valence-electron chi connectivity index (χ4n) is 4.72. The molecule has 5 unspecified atom stereocenters. The number of hydrogen-bond donors (Lipinski definition) is 0. The van der Waals surface area contributed by atoms with Gasteiger partial charge in [-0.25, -0.2) is 8.78 Å². The van der Waals surface area contributed by atoms with Crippen molar-refractivity contribution >= 4 is 15.9 Å². The summed E-state index contributed by atoms with van der Waals surface area (Å²) >= 11 is 3.66. The standard InChI is InChI=1S/C15H15BrF2/c16-15(10-4-3-9(17)6-11(10)18)14-12-7-1-2-8(5-7)13(12)14/h3-4,6-8,12-15H,1-2,5H2. The Labute approximate surface area is 114 Å². The highest BCUT2D eigenvalue weighted by atomic mass is 79.9. The second kappa shape index (κ2) is 3.78. The van der Waals surface area contributed by atoms with Crippen LogP contribution in [-0.2, 0) is 0 Å². The summed E-state index contributed by atoms with van der Waals surface area (Å²) in [5, 5.41) is 0. The van der Waals surface area contributed by atoms with E-state index >= 15 is 0 Å². The number of rotatable bonds is 2. The number of alkyl halides is 1. The van der Waals surface area contributed by atoms with Crippen LogP contribution in [0.3, 0.4) is 0 Å². The molecule has 96 valence electrons. The second-order valence-corrected chi connectivity index (χ2v) is 7.12. The maximum absolute atomic E-state index is 13.8. The van der Waals surface area contributed by atoms with Gasteiger partial charge < -0.3 is 0 Å². The first-order valence-electron chi connectivity index (χ1n) is 6.76. The molecule has 0 radical (unpaired) electrons. The van der Waals surface area contributed by atoms with Crippen molar-refractivity contribution in [3.8, 4) is 0 Å². The van der Waals surface area contributed by atoms with E-state index in [-0.39, 0.29) is 4.83 Å². The molecule has 0 aromatic heterocycles. The third-order valence-corrected chi connectivity index (χ3v) is 6.50. The third kappa shape index (κ3) is 1.46. The van der Waals surface area contributed by atoms with Gasteiger partial charge in [0.1, 0.15) is 11.6 Å². The number of halogens is 3. The summed E-state index contributed by atoms with van der Waals surface area (Å²) in [6.07, 6.45) is 4.14. The highest BCUT2D eigenvalue weighted by molar-refractivity contribution is 9.09. The zero-order valence-electron chi connectivity index (χ0n) is 9.95. The molecule has 0 nitrogen and oxygen atoms in total. The van der Waals surface area contributed by atoms with Crippen LogP contribution in [0.4, 0.5) is 8.78 Å². The van der Waals surface area contributed by atoms with E-state index < -0.39 is 11.6 Å². The van der Waals surface area contributed by atoms with Crippen LogP contribution in [0.15, 0.2) is 18.2 Å². The molecule has 2 bridgehead atoms. The molecule has 5 atom stereocenters. The largest absolute Gasteiger partial charge is 0.207 e. The van der Waals surface area contributed by atoms with Gasteiger partial charge in [0, 0.05) is 16.5 Å². The first-order chi connectivity index (χ1) is 8.66. The van der Waals surface area contributed by atoms with Crippen LogP contribution in [0.1, 0.15) is 29.7 Å². The van der Waals surface area contributed by atoms with Crippen molar-refractivity contribution < 1.29 is 8.78 Å². The lowest BCUT2D eigenvalue weighted by atomic mass is 9.97. The summed E-state index contributed by atoms with van der Waals surface area (Å²) in [6, 6.07) is 3.95. The Morgan fingerprint density at radius 1 is 1.11 bits per heavy atom. The smallest absolute Gasteiger partial charge is 0.130 e. The maximum Gasteiger partial charge on any atom is 0.130 e. The van der Waals surface area contributed by atoms with Crippen molar-refractivity contribution in [2.24, 2.45) is 29.6 Å². The average Bonchev–Trinajstić information content (AvgIpc) is 2.77. The Morgan fingerprint density at radius 3 is 2.39 bits per heavy atom. The van der Waals surface area contributed by atoms with Gasteiger partial charge in [-0.05, 0) is 54.9 Å². The molecule has 0 heterocycles. The molecule has 3 fully saturated rings. The molecule has 18 heavy (non-hydrogen) atoms. The fraction of sp³-hybridized carbons (Fsp3) is 0.600. The van der Waals surface area contributed by atoms with Crippen LogP contribution in [-0.4, -0.2) is 0 Å². The molecule has 3 saturated carbocycles. The van der Waals surface area contributed by atoms with Gasteiger partial charge in [-0.2, -0.15) is 0 Å². The Bertz CT molecular complexity index is 485. The zero-order valence-corrected chi connectivity index (χ0v) is 11.5. The van der Waals surface area contributed by atoms with Crippen molar-refractivity contribution in [1.82, 2.24) is 0 Å². The minimum atomic E-state index is -0.494. The lowest BCUT2D eigenvalue weighted by Gasteiger charge is -2.15. The molecule has 0 N–H and O–H groups in total. The molecule has 3 aliphatic rings. The molecule has 0 saturated heterocycles. The molecule has 1 aromatic rings. The average molecular weight is 313 g/mol. The fourth-order valence-corrected chi connectivity index (χ4v) is 5.79. The minimum absolute atomic E-state index is 0.0662. The van der Waals surface area contributed by atoms with E-state index in [0.29, 0.717) is 11.5 Å². The highest BCUT2D eigenvalue weighted by Gasteiger charge is 2.66. The van der Waals surface area contributed by atoms with E-state index in [0.717, 1.165) is 29.7 Å². The first-order valence-corrected chi connectivity index (χ1v) is 7.67. The lowest BCUT2D eigenvalue weighted by molar-refractivity contribution is 0.453. The van der Waals surface area contributed by atoms with Gasteiger partial charge in [0.15, 0.2) is 0 Å². The lowest BCUT2D eigenvalue weighted by Crippen LogP contribution is -2.05. The molecule has 0 spiro atoms. The Balaban J connectivity index is 1.60.